The van der Waals surface area contributed by atoms with Crippen LogP contribution in [0.3, 0.4) is 0 Å². The Bertz CT molecular complexity index is 617. The van der Waals surface area contributed by atoms with E-state index < -0.39 is 0 Å². The first-order valence-corrected chi connectivity index (χ1v) is 9.99. The quantitative estimate of drug-likeness (QED) is 0.685. The van der Waals surface area contributed by atoms with Crippen molar-refractivity contribution in [1.82, 2.24) is 0 Å². The van der Waals surface area contributed by atoms with Crippen molar-refractivity contribution in [2.75, 3.05) is 0 Å². The Kier molecular flexibility index (Phi) is 3.33. The lowest BCUT2D eigenvalue weighted by molar-refractivity contribution is -0.200. The molecule has 0 radical (unpaired) electrons. The maximum Gasteiger partial charge on any atom is 0.159 e. The summed E-state index contributed by atoms with van der Waals surface area (Å²) in [6.45, 7) is 11.8. The number of aliphatic hydroxyl groups is 1. The van der Waals surface area contributed by atoms with E-state index in [1.54, 1.807) is 0 Å². The summed E-state index contributed by atoms with van der Waals surface area (Å²) in [5.74, 6) is 1.40. The van der Waals surface area contributed by atoms with Gasteiger partial charge in [0.25, 0.3) is 0 Å². The first-order valence-electron chi connectivity index (χ1n) is 9.99. The van der Waals surface area contributed by atoms with Crippen molar-refractivity contribution in [3.8, 4) is 0 Å². The number of rotatable bonds is 0. The first-order chi connectivity index (χ1) is 11.1. The molecule has 3 fully saturated rings. The van der Waals surface area contributed by atoms with Crippen LogP contribution in [0.5, 0.6) is 0 Å². The highest BCUT2D eigenvalue weighted by Gasteiger charge is 2.67. The molecule has 0 spiro atoms. The molecule has 0 unspecified atom stereocenters. The van der Waals surface area contributed by atoms with Gasteiger partial charge in [-0.3, -0.25) is 4.79 Å². The fourth-order valence-electron chi connectivity index (χ4n) is 7.84. The molecule has 134 valence electrons. The number of Topliss-reactive ketones (excluding diaryl/α,β-unsaturated/α-hetero) is 1. The van der Waals surface area contributed by atoms with Crippen molar-refractivity contribution < 1.29 is 9.90 Å². The molecular weight excluding hydrogens is 296 g/mol. The molecule has 1 N–H and O–H groups in total. The highest BCUT2D eigenvalue weighted by Crippen LogP contribution is 2.73. The van der Waals surface area contributed by atoms with Gasteiger partial charge in [0.15, 0.2) is 5.78 Å². The van der Waals surface area contributed by atoms with Gasteiger partial charge >= 0.3 is 0 Å². The average molecular weight is 331 g/mol. The topological polar surface area (TPSA) is 37.3 Å². The molecule has 2 nitrogen and oxygen atoms in total. The van der Waals surface area contributed by atoms with Crippen LogP contribution < -0.4 is 0 Å². The number of carbonyl (C=O) groups excluding carboxylic acids is 1. The van der Waals surface area contributed by atoms with Crippen LogP contribution in [-0.4, -0.2) is 17.0 Å². The Morgan fingerprint density at radius 1 is 1.00 bits per heavy atom. The van der Waals surface area contributed by atoms with Crippen LogP contribution in [-0.2, 0) is 4.79 Å². The van der Waals surface area contributed by atoms with Gasteiger partial charge in [0.1, 0.15) is 0 Å². The third-order valence-electron chi connectivity index (χ3n) is 9.56. The van der Waals surface area contributed by atoms with Crippen molar-refractivity contribution in [3.63, 3.8) is 0 Å². The number of fused-ring (bicyclic) bond motifs is 5. The van der Waals surface area contributed by atoms with E-state index in [2.05, 4.69) is 40.7 Å². The SMILES string of the molecule is CC1(C)[C@@H](O)CC[C@]2(C)[C@H]3CC(=O)C4=CCC[C@@]4(C)[C@]3(C)CC[C@@H]12. The van der Waals surface area contributed by atoms with Crippen molar-refractivity contribution in [1.29, 1.82) is 0 Å². The van der Waals surface area contributed by atoms with Crippen molar-refractivity contribution >= 4 is 5.78 Å². The van der Waals surface area contributed by atoms with Gasteiger partial charge in [0.2, 0.25) is 0 Å². The zero-order chi connectivity index (χ0) is 17.5. The summed E-state index contributed by atoms with van der Waals surface area (Å²) in [5, 5.41) is 10.6. The average Bonchev–Trinajstić information content (AvgIpc) is 2.91. The maximum absolute atomic E-state index is 13.0. The Labute approximate surface area is 147 Å². The number of allylic oxidation sites excluding steroid dienone is 2. The zero-order valence-corrected chi connectivity index (χ0v) is 16.1. The van der Waals surface area contributed by atoms with E-state index in [4.69, 9.17) is 0 Å². The molecule has 0 saturated heterocycles. The lowest BCUT2D eigenvalue weighted by Crippen LogP contribution is -2.63. The van der Waals surface area contributed by atoms with Crippen LogP contribution in [0.25, 0.3) is 0 Å². The van der Waals surface area contributed by atoms with Gasteiger partial charge < -0.3 is 5.11 Å². The molecule has 0 bridgehead atoms. The van der Waals surface area contributed by atoms with Crippen molar-refractivity contribution in [2.24, 2.45) is 33.5 Å². The minimum Gasteiger partial charge on any atom is -0.393 e. The predicted molar refractivity (Wildman–Crippen MR) is 96.5 cm³/mol. The fourth-order valence-corrected chi connectivity index (χ4v) is 7.84. The molecule has 0 aromatic carbocycles. The summed E-state index contributed by atoms with van der Waals surface area (Å²) in [4.78, 5) is 13.0. The molecule has 0 amide bonds. The molecular formula is C22H34O2. The summed E-state index contributed by atoms with van der Waals surface area (Å²) in [6.07, 6.45) is 9.36. The van der Waals surface area contributed by atoms with Gasteiger partial charge in [-0.05, 0) is 72.2 Å². The smallest absolute Gasteiger partial charge is 0.159 e. The minimum absolute atomic E-state index is 0.0376. The summed E-state index contributed by atoms with van der Waals surface area (Å²) in [6, 6.07) is 0. The molecule has 6 atom stereocenters. The van der Waals surface area contributed by atoms with E-state index >= 15 is 0 Å². The summed E-state index contributed by atoms with van der Waals surface area (Å²) >= 11 is 0. The van der Waals surface area contributed by atoms with Gasteiger partial charge in [-0.25, -0.2) is 0 Å². The number of ketones is 1. The maximum atomic E-state index is 13.0. The second-order valence-electron chi connectivity index (χ2n) is 10.6. The Morgan fingerprint density at radius 2 is 1.71 bits per heavy atom. The van der Waals surface area contributed by atoms with Crippen LogP contribution >= 0.6 is 0 Å². The van der Waals surface area contributed by atoms with Gasteiger partial charge in [0.05, 0.1) is 6.10 Å². The van der Waals surface area contributed by atoms with Gasteiger partial charge in [-0.1, -0.05) is 40.7 Å². The van der Waals surface area contributed by atoms with Crippen LogP contribution in [0.2, 0.25) is 0 Å². The first kappa shape index (κ1) is 16.8. The second-order valence-corrected chi connectivity index (χ2v) is 10.6. The Hall–Kier alpha value is -0.630. The van der Waals surface area contributed by atoms with Crippen molar-refractivity contribution in [3.05, 3.63) is 11.6 Å². The number of carbonyl (C=O) groups is 1. The molecule has 0 heterocycles. The molecule has 4 aliphatic rings. The largest absolute Gasteiger partial charge is 0.393 e. The minimum atomic E-state index is -0.197. The third-order valence-corrected chi connectivity index (χ3v) is 9.56. The number of hydrogen-bond donors (Lipinski definition) is 1. The second kappa shape index (κ2) is 4.75. The monoisotopic (exact) mass is 330 g/mol. The van der Waals surface area contributed by atoms with Gasteiger partial charge in [-0.15, -0.1) is 0 Å². The number of aliphatic hydroxyl groups excluding tert-OH is 1. The molecule has 4 rings (SSSR count). The Morgan fingerprint density at radius 3 is 2.42 bits per heavy atom. The van der Waals surface area contributed by atoms with Gasteiger partial charge in [0, 0.05) is 11.8 Å². The third kappa shape index (κ3) is 1.74. The van der Waals surface area contributed by atoms with E-state index in [0.29, 0.717) is 17.6 Å². The van der Waals surface area contributed by atoms with E-state index in [0.717, 1.165) is 37.7 Å². The summed E-state index contributed by atoms with van der Waals surface area (Å²) < 4.78 is 0. The van der Waals surface area contributed by atoms with E-state index in [-0.39, 0.29) is 27.8 Å². The van der Waals surface area contributed by atoms with E-state index in [9.17, 15) is 9.90 Å². The molecule has 0 aliphatic heterocycles. The van der Waals surface area contributed by atoms with Crippen LogP contribution in [0.1, 0.15) is 79.6 Å². The summed E-state index contributed by atoms with van der Waals surface area (Å²) in [7, 11) is 0. The molecule has 24 heavy (non-hydrogen) atoms. The zero-order valence-electron chi connectivity index (χ0n) is 16.1. The lowest BCUT2D eigenvalue weighted by atomic mass is 9.36. The normalized spacial score (nSPS) is 53.0. The van der Waals surface area contributed by atoms with Crippen LogP contribution in [0.4, 0.5) is 0 Å². The molecule has 0 aromatic rings. The standard InChI is InChI=1S/C22H34O2/c1-19(2)16-8-12-22(5)17(20(16,3)11-9-18(19)24)13-15(23)14-7-6-10-21(14,22)4/h7,16-18,24H,6,8-13H2,1-5H3/t16-,17+,18-,20-,21+,22+/m0/s1. The molecule has 3 saturated carbocycles. The van der Waals surface area contributed by atoms with Gasteiger partial charge in [-0.2, -0.15) is 0 Å². The molecule has 4 aliphatic carbocycles. The van der Waals surface area contributed by atoms with E-state index in [1.165, 1.54) is 12.8 Å². The Balaban J connectivity index is 1.82. The highest BCUT2D eigenvalue weighted by molar-refractivity contribution is 5.98. The molecule has 2 heteroatoms. The lowest BCUT2D eigenvalue weighted by Gasteiger charge is -2.68. The predicted octanol–water partition coefficient (Wildman–Crippen LogP) is 4.91. The van der Waals surface area contributed by atoms with Crippen LogP contribution in [0.15, 0.2) is 11.6 Å². The fraction of sp³-hybridized carbons (Fsp3) is 0.864. The molecule has 0 aromatic heterocycles. The van der Waals surface area contributed by atoms with Crippen molar-refractivity contribution in [2.45, 2.75) is 85.7 Å². The number of hydrogen-bond acceptors (Lipinski definition) is 2. The van der Waals surface area contributed by atoms with E-state index in [1.807, 2.05) is 0 Å². The highest BCUT2D eigenvalue weighted by atomic mass is 16.3. The summed E-state index contributed by atoms with van der Waals surface area (Å²) in [5.41, 5.74) is 1.60. The van der Waals surface area contributed by atoms with Crippen LogP contribution in [0, 0.1) is 33.5 Å².